The van der Waals surface area contributed by atoms with Gasteiger partial charge in [-0.2, -0.15) is 0 Å². The van der Waals surface area contributed by atoms with Gasteiger partial charge in [-0.1, -0.05) is 49.2 Å². The smallest absolute Gasteiger partial charge is 0.0983 e. The summed E-state index contributed by atoms with van der Waals surface area (Å²) in [7, 11) is 0. The Balaban J connectivity index is 0.000000704. The summed E-state index contributed by atoms with van der Waals surface area (Å²) in [6, 6.07) is 7.59. The van der Waals surface area contributed by atoms with Crippen molar-refractivity contribution in [2.45, 2.75) is 27.7 Å². The van der Waals surface area contributed by atoms with Crippen molar-refractivity contribution in [1.29, 1.82) is 0 Å². The molecular weight excluding hydrogens is 291 g/mol. The molecule has 3 aromatic rings. The predicted molar refractivity (Wildman–Crippen MR) is 87.9 cm³/mol. The van der Waals surface area contributed by atoms with E-state index in [2.05, 4.69) is 9.97 Å². The number of pyridine rings is 2. The van der Waals surface area contributed by atoms with E-state index in [1.807, 2.05) is 52.0 Å². The molecule has 4 heteroatoms. The molecule has 2 nitrogen and oxygen atoms in total. The van der Waals surface area contributed by atoms with Crippen LogP contribution in [0.25, 0.3) is 21.8 Å². The van der Waals surface area contributed by atoms with Gasteiger partial charge in [0, 0.05) is 22.2 Å². The van der Waals surface area contributed by atoms with Crippen LogP contribution in [0.5, 0.6) is 0 Å². The fraction of sp³-hybridized carbons (Fsp3) is 0.250. The van der Waals surface area contributed by atoms with Crippen LogP contribution >= 0.6 is 23.2 Å². The van der Waals surface area contributed by atoms with Gasteiger partial charge in [0.2, 0.25) is 0 Å². The molecule has 0 atom stereocenters. The van der Waals surface area contributed by atoms with Gasteiger partial charge < -0.3 is 0 Å². The van der Waals surface area contributed by atoms with Gasteiger partial charge in [0.1, 0.15) is 0 Å². The van der Waals surface area contributed by atoms with Gasteiger partial charge >= 0.3 is 0 Å². The van der Waals surface area contributed by atoms with Crippen molar-refractivity contribution < 1.29 is 0 Å². The van der Waals surface area contributed by atoms with Crippen LogP contribution in [0.2, 0.25) is 10.0 Å². The number of hydrogen-bond acceptors (Lipinski definition) is 2. The number of rotatable bonds is 0. The second-order valence-electron chi connectivity index (χ2n) is 4.35. The fourth-order valence-corrected chi connectivity index (χ4v) is 2.75. The summed E-state index contributed by atoms with van der Waals surface area (Å²) in [5.74, 6) is 0. The van der Waals surface area contributed by atoms with Crippen LogP contribution in [0.4, 0.5) is 0 Å². The summed E-state index contributed by atoms with van der Waals surface area (Å²) in [4.78, 5) is 9.08. The molecule has 0 radical (unpaired) electrons. The van der Waals surface area contributed by atoms with Crippen LogP contribution in [0.15, 0.2) is 24.3 Å². The maximum atomic E-state index is 6.24. The number of benzene rings is 1. The zero-order chi connectivity index (χ0) is 14.9. The number of aromatic nitrogens is 2. The van der Waals surface area contributed by atoms with Crippen LogP contribution in [-0.4, -0.2) is 9.97 Å². The van der Waals surface area contributed by atoms with E-state index in [1.165, 1.54) is 0 Å². The summed E-state index contributed by atoms with van der Waals surface area (Å²) >= 11 is 12.5. The molecule has 104 valence electrons. The Morgan fingerprint density at radius 2 is 1.10 bits per heavy atom. The monoisotopic (exact) mass is 306 g/mol. The van der Waals surface area contributed by atoms with Crippen LogP contribution in [-0.2, 0) is 0 Å². The number of fused-ring (bicyclic) bond motifs is 3. The molecule has 20 heavy (non-hydrogen) atoms. The number of halogens is 2. The number of nitrogens with zero attached hydrogens (tertiary/aromatic N) is 2. The highest BCUT2D eigenvalue weighted by Gasteiger charge is 2.10. The van der Waals surface area contributed by atoms with E-state index in [0.717, 1.165) is 33.2 Å². The van der Waals surface area contributed by atoms with Gasteiger partial charge in [-0.3, -0.25) is 9.97 Å². The van der Waals surface area contributed by atoms with Crippen molar-refractivity contribution in [3.63, 3.8) is 0 Å². The Hall–Kier alpha value is -1.38. The van der Waals surface area contributed by atoms with E-state index in [4.69, 9.17) is 23.2 Å². The third-order valence-corrected chi connectivity index (χ3v) is 3.54. The largest absolute Gasteiger partial charge is 0.251 e. The molecule has 0 spiro atoms. The zero-order valence-electron chi connectivity index (χ0n) is 12.0. The Morgan fingerprint density at radius 1 is 0.750 bits per heavy atom. The van der Waals surface area contributed by atoms with E-state index in [9.17, 15) is 0 Å². The van der Waals surface area contributed by atoms with E-state index in [1.54, 1.807) is 0 Å². The second kappa shape index (κ2) is 5.94. The lowest BCUT2D eigenvalue weighted by Gasteiger charge is -2.07. The third kappa shape index (κ3) is 2.58. The zero-order valence-corrected chi connectivity index (χ0v) is 13.5. The summed E-state index contributed by atoms with van der Waals surface area (Å²) in [5.41, 5.74) is 3.37. The van der Waals surface area contributed by atoms with Gasteiger partial charge in [0.05, 0.1) is 21.1 Å². The molecular formula is C16H16Cl2N2. The van der Waals surface area contributed by atoms with Crippen LogP contribution < -0.4 is 0 Å². The molecule has 0 bridgehead atoms. The molecule has 1 aromatic carbocycles. The molecule has 0 unspecified atom stereocenters. The SMILES string of the molecule is CC.Cc1cc(Cl)c2ccc3c(Cl)cc(C)nc3c2n1. The average molecular weight is 307 g/mol. The first-order chi connectivity index (χ1) is 9.56. The molecule has 0 saturated carbocycles. The summed E-state index contributed by atoms with van der Waals surface area (Å²) in [6.07, 6.45) is 0. The number of aryl methyl sites for hydroxylation is 2. The van der Waals surface area contributed by atoms with Crippen molar-refractivity contribution in [3.8, 4) is 0 Å². The quantitative estimate of drug-likeness (QED) is 0.495. The minimum absolute atomic E-state index is 0.693. The molecule has 3 rings (SSSR count). The normalized spacial score (nSPS) is 10.5. The minimum Gasteiger partial charge on any atom is -0.251 e. The molecule has 0 saturated heterocycles. The minimum atomic E-state index is 0.693. The highest BCUT2D eigenvalue weighted by molar-refractivity contribution is 6.38. The van der Waals surface area contributed by atoms with Crippen LogP contribution in [0.1, 0.15) is 25.2 Å². The van der Waals surface area contributed by atoms with Crippen molar-refractivity contribution in [1.82, 2.24) is 9.97 Å². The van der Waals surface area contributed by atoms with Crippen molar-refractivity contribution >= 4 is 45.0 Å². The molecule has 0 aliphatic carbocycles. The van der Waals surface area contributed by atoms with Crippen molar-refractivity contribution in [3.05, 3.63) is 45.7 Å². The topological polar surface area (TPSA) is 25.8 Å². The van der Waals surface area contributed by atoms with Crippen molar-refractivity contribution in [2.75, 3.05) is 0 Å². The van der Waals surface area contributed by atoms with Gasteiger partial charge in [-0.25, -0.2) is 0 Å². The molecule has 0 aliphatic heterocycles. The Bertz CT molecular complexity index is 716. The van der Waals surface area contributed by atoms with Gasteiger partial charge in [-0.15, -0.1) is 0 Å². The second-order valence-corrected chi connectivity index (χ2v) is 5.16. The van der Waals surface area contributed by atoms with Gasteiger partial charge in [0.15, 0.2) is 0 Å². The summed E-state index contributed by atoms with van der Waals surface area (Å²) < 4.78 is 0. The number of hydrogen-bond donors (Lipinski definition) is 0. The first kappa shape index (κ1) is 15.0. The lowest BCUT2D eigenvalue weighted by molar-refractivity contribution is 1.23. The molecule has 2 aromatic heterocycles. The Labute approximate surface area is 128 Å². The van der Waals surface area contributed by atoms with E-state index >= 15 is 0 Å². The molecule has 2 heterocycles. The average Bonchev–Trinajstić information content (AvgIpc) is 2.41. The lowest BCUT2D eigenvalue weighted by atomic mass is 10.1. The fourth-order valence-electron chi connectivity index (χ4n) is 2.13. The molecule has 0 aliphatic rings. The van der Waals surface area contributed by atoms with E-state index < -0.39 is 0 Å². The van der Waals surface area contributed by atoms with Crippen LogP contribution in [0, 0.1) is 13.8 Å². The van der Waals surface area contributed by atoms with Crippen LogP contribution in [0.3, 0.4) is 0 Å². The van der Waals surface area contributed by atoms with Gasteiger partial charge in [0.25, 0.3) is 0 Å². The standard InChI is InChI=1S/C14H10Cl2N2.C2H6/c1-7-5-11(15)9-3-4-10-12(16)6-8(2)18-14(10)13(9)17-7;1-2/h3-6H,1-2H3;1-2H3. The maximum Gasteiger partial charge on any atom is 0.0983 e. The Kier molecular flexibility index (Phi) is 4.46. The van der Waals surface area contributed by atoms with Gasteiger partial charge in [-0.05, 0) is 26.0 Å². The summed E-state index contributed by atoms with van der Waals surface area (Å²) in [5, 5.41) is 3.20. The molecule has 0 N–H and O–H groups in total. The first-order valence-electron chi connectivity index (χ1n) is 6.59. The maximum absolute atomic E-state index is 6.24. The highest BCUT2D eigenvalue weighted by Crippen LogP contribution is 2.31. The van der Waals surface area contributed by atoms with Crippen molar-refractivity contribution in [2.24, 2.45) is 0 Å². The first-order valence-corrected chi connectivity index (χ1v) is 7.34. The predicted octanol–water partition coefficient (Wildman–Crippen LogP) is 5.73. The molecule has 0 fully saturated rings. The third-order valence-electron chi connectivity index (χ3n) is 2.91. The highest BCUT2D eigenvalue weighted by atomic mass is 35.5. The van der Waals surface area contributed by atoms with E-state index in [0.29, 0.717) is 10.0 Å². The van der Waals surface area contributed by atoms with E-state index in [-0.39, 0.29) is 0 Å². The summed E-state index contributed by atoms with van der Waals surface area (Å²) in [6.45, 7) is 7.84. The Morgan fingerprint density at radius 3 is 1.45 bits per heavy atom. The molecule has 0 amide bonds. The lowest BCUT2D eigenvalue weighted by Crippen LogP contribution is -1.91.